The van der Waals surface area contributed by atoms with Gasteiger partial charge in [-0.1, -0.05) is 0 Å². The van der Waals surface area contributed by atoms with E-state index in [9.17, 15) is 9.90 Å². The number of aliphatic hydroxyl groups excluding tert-OH is 1. The van der Waals surface area contributed by atoms with E-state index in [0.717, 1.165) is 24.3 Å². The number of rotatable bonds is 3. The number of ether oxygens (including phenoxy) is 1. The van der Waals surface area contributed by atoms with Crippen LogP contribution in [0.15, 0.2) is 24.5 Å². The number of morpholine rings is 1. The van der Waals surface area contributed by atoms with Crippen LogP contribution in [-0.4, -0.2) is 71.0 Å². The normalized spacial score (nSPS) is 21.6. The van der Waals surface area contributed by atoms with Crippen LogP contribution in [0.25, 0.3) is 5.52 Å². The fraction of sp³-hybridized carbons (Fsp3) is 0.529. The molecule has 2 aliphatic rings. The predicted octanol–water partition coefficient (Wildman–Crippen LogP) is 0.768. The van der Waals surface area contributed by atoms with Gasteiger partial charge in [0, 0.05) is 31.5 Å². The van der Waals surface area contributed by atoms with Crippen LogP contribution in [0.3, 0.4) is 0 Å². The van der Waals surface area contributed by atoms with E-state index in [0.29, 0.717) is 25.3 Å². The van der Waals surface area contributed by atoms with E-state index in [1.165, 1.54) is 12.8 Å². The first-order chi connectivity index (χ1) is 11.8. The molecule has 7 heteroatoms. The molecule has 2 aromatic rings. The lowest BCUT2D eigenvalue weighted by molar-refractivity contribution is -0.0183. The van der Waals surface area contributed by atoms with E-state index in [1.807, 2.05) is 18.3 Å². The fourth-order valence-corrected chi connectivity index (χ4v) is 3.53. The molecular weight excluding hydrogens is 308 g/mol. The summed E-state index contributed by atoms with van der Waals surface area (Å²) < 4.78 is 7.10. The molecule has 0 bridgehead atoms. The van der Waals surface area contributed by atoms with E-state index < -0.39 is 0 Å². The van der Waals surface area contributed by atoms with Gasteiger partial charge in [0.1, 0.15) is 0 Å². The quantitative estimate of drug-likeness (QED) is 0.900. The van der Waals surface area contributed by atoms with Crippen LogP contribution >= 0.6 is 0 Å². The van der Waals surface area contributed by atoms with Crippen LogP contribution < -0.4 is 4.90 Å². The highest BCUT2D eigenvalue weighted by Crippen LogP contribution is 2.24. The molecule has 7 nitrogen and oxygen atoms in total. The molecule has 0 radical (unpaired) electrons. The third-order valence-corrected chi connectivity index (χ3v) is 4.91. The number of hydrogen-bond donors (Lipinski definition) is 1. The average molecular weight is 330 g/mol. The Hall–Kier alpha value is -2.12. The Labute approximate surface area is 140 Å². The minimum atomic E-state index is -0.289. The lowest BCUT2D eigenvalue weighted by atomic mass is 10.1. The zero-order chi connectivity index (χ0) is 16.5. The minimum Gasteiger partial charge on any atom is -0.394 e. The number of amides is 1. The van der Waals surface area contributed by atoms with Gasteiger partial charge in [-0.3, -0.25) is 4.79 Å². The third-order valence-electron chi connectivity index (χ3n) is 4.91. The van der Waals surface area contributed by atoms with Gasteiger partial charge in [-0.05, 0) is 25.0 Å². The summed E-state index contributed by atoms with van der Waals surface area (Å²) in [6.45, 7) is 3.39. The molecule has 2 fully saturated rings. The van der Waals surface area contributed by atoms with E-state index >= 15 is 0 Å². The maximum absolute atomic E-state index is 13.0. The van der Waals surface area contributed by atoms with Gasteiger partial charge in [0.05, 0.1) is 43.1 Å². The maximum atomic E-state index is 13.0. The Morgan fingerprint density at radius 1 is 1.33 bits per heavy atom. The topological polar surface area (TPSA) is 70.3 Å². The van der Waals surface area contributed by atoms with Crippen LogP contribution in [-0.2, 0) is 4.74 Å². The van der Waals surface area contributed by atoms with E-state index in [-0.39, 0.29) is 18.6 Å². The SMILES string of the molecule is O=C(c1cnn2ccc(N3CCCC3)cc12)N1CCOCC1CO. The van der Waals surface area contributed by atoms with Crippen molar-refractivity contribution in [2.45, 2.75) is 18.9 Å². The van der Waals surface area contributed by atoms with Gasteiger partial charge in [-0.2, -0.15) is 5.10 Å². The number of fused-ring (bicyclic) bond motifs is 1. The van der Waals surface area contributed by atoms with Crippen molar-refractivity contribution >= 4 is 17.1 Å². The Balaban J connectivity index is 1.67. The van der Waals surface area contributed by atoms with Crippen molar-refractivity contribution in [3.63, 3.8) is 0 Å². The highest BCUT2D eigenvalue weighted by molar-refractivity contribution is 6.01. The second-order valence-electron chi connectivity index (χ2n) is 6.38. The summed E-state index contributed by atoms with van der Waals surface area (Å²) in [4.78, 5) is 17.0. The molecule has 0 aromatic carbocycles. The summed E-state index contributed by atoms with van der Waals surface area (Å²) >= 11 is 0. The van der Waals surface area contributed by atoms with Crippen molar-refractivity contribution < 1.29 is 14.6 Å². The van der Waals surface area contributed by atoms with Crippen molar-refractivity contribution in [1.29, 1.82) is 0 Å². The molecule has 1 unspecified atom stereocenters. The number of anilines is 1. The molecule has 1 atom stereocenters. The number of carbonyl (C=O) groups is 1. The number of hydrogen-bond acceptors (Lipinski definition) is 5. The van der Waals surface area contributed by atoms with Gasteiger partial charge in [0.25, 0.3) is 5.91 Å². The Kier molecular flexibility index (Phi) is 4.12. The molecule has 1 N–H and O–H groups in total. The number of pyridine rings is 1. The van der Waals surface area contributed by atoms with Crippen LogP contribution in [0.5, 0.6) is 0 Å². The van der Waals surface area contributed by atoms with Gasteiger partial charge in [0.2, 0.25) is 0 Å². The molecule has 2 saturated heterocycles. The fourth-order valence-electron chi connectivity index (χ4n) is 3.53. The van der Waals surface area contributed by atoms with Crippen molar-refractivity contribution in [3.8, 4) is 0 Å². The van der Waals surface area contributed by atoms with Crippen molar-refractivity contribution in [2.24, 2.45) is 0 Å². The summed E-state index contributed by atoms with van der Waals surface area (Å²) in [5.41, 5.74) is 2.53. The molecule has 2 aliphatic heterocycles. The van der Waals surface area contributed by atoms with Gasteiger partial charge < -0.3 is 19.6 Å². The summed E-state index contributed by atoms with van der Waals surface area (Å²) in [6, 6.07) is 3.80. The second kappa shape index (κ2) is 6.41. The standard InChI is InChI=1S/C17H22N4O3/c22-11-14-12-24-8-7-20(14)17(23)15-10-18-21-6-3-13(9-16(15)21)19-4-1-2-5-19/h3,6,9-10,14,22H,1-2,4-5,7-8,11-12H2. The van der Waals surface area contributed by atoms with Gasteiger partial charge in [0.15, 0.2) is 0 Å². The van der Waals surface area contributed by atoms with Gasteiger partial charge in [-0.15, -0.1) is 0 Å². The lowest BCUT2D eigenvalue weighted by Gasteiger charge is -2.34. The molecule has 128 valence electrons. The molecule has 0 aliphatic carbocycles. The van der Waals surface area contributed by atoms with Crippen molar-refractivity contribution in [3.05, 3.63) is 30.1 Å². The van der Waals surface area contributed by atoms with Crippen molar-refractivity contribution in [1.82, 2.24) is 14.5 Å². The van der Waals surface area contributed by atoms with Crippen LogP contribution in [0.4, 0.5) is 5.69 Å². The summed E-state index contributed by atoms with van der Waals surface area (Å²) in [6.07, 6.45) is 5.95. The highest BCUT2D eigenvalue weighted by atomic mass is 16.5. The van der Waals surface area contributed by atoms with Crippen molar-refractivity contribution in [2.75, 3.05) is 44.4 Å². The molecule has 24 heavy (non-hydrogen) atoms. The molecule has 1 amide bonds. The second-order valence-corrected chi connectivity index (χ2v) is 6.38. The summed E-state index contributed by atoms with van der Waals surface area (Å²) in [7, 11) is 0. The number of aromatic nitrogens is 2. The van der Waals surface area contributed by atoms with Gasteiger partial charge >= 0.3 is 0 Å². The van der Waals surface area contributed by atoms with E-state index in [2.05, 4.69) is 10.00 Å². The first-order valence-corrected chi connectivity index (χ1v) is 8.50. The summed E-state index contributed by atoms with van der Waals surface area (Å²) in [5.74, 6) is -0.0917. The summed E-state index contributed by atoms with van der Waals surface area (Å²) in [5, 5.41) is 13.8. The number of carbonyl (C=O) groups excluding carboxylic acids is 1. The number of aliphatic hydroxyl groups is 1. The molecule has 4 rings (SSSR count). The first-order valence-electron chi connectivity index (χ1n) is 8.50. The third kappa shape index (κ3) is 2.63. The Morgan fingerprint density at radius 2 is 2.17 bits per heavy atom. The minimum absolute atomic E-state index is 0.0917. The molecule has 2 aromatic heterocycles. The average Bonchev–Trinajstić information content (AvgIpc) is 3.30. The predicted molar refractivity (Wildman–Crippen MR) is 89.4 cm³/mol. The molecule has 4 heterocycles. The monoisotopic (exact) mass is 330 g/mol. The van der Waals surface area contributed by atoms with Crippen LogP contribution in [0.1, 0.15) is 23.2 Å². The number of nitrogens with zero attached hydrogens (tertiary/aromatic N) is 4. The molecule has 0 saturated carbocycles. The molecular formula is C17H22N4O3. The first kappa shape index (κ1) is 15.4. The lowest BCUT2D eigenvalue weighted by Crippen LogP contribution is -2.50. The smallest absolute Gasteiger partial charge is 0.258 e. The Morgan fingerprint density at radius 3 is 2.96 bits per heavy atom. The highest BCUT2D eigenvalue weighted by Gasteiger charge is 2.29. The van der Waals surface area contributed by atoms with Crippen LogP contribution in [0, 0.1) is 0 Å². The van der Waals surface area contributed by atoms with Crippen LogP contribution in [0.2, 0.25) is 0 Å². The van der Waals surface area contributed by atoms with E-state index in [4.69, 9.17) is 4.74 Å². The zero-order valence-electron chi connectivity index (χ0n) is 13.6. The maximum Gasteiger partial charge on any atom is 0.258 e. The molecule has 0 spiro atoms. The Bertz CT molecular complexity index is 739. The van der Waals surface area contributed by atoms with E-state index in [1.54, 1.807) is 15.6 Å². The zero-order valence-corrected chi connectivity index (χ0v) is 13.6. The van der Waals surface area contributed by atoms with Gasteiger partial charge in [-0.25, -0.2) is 4.52 Å². The largest absolute Gasteiger partial charge is 0.394 e.